The Morgan fingerprint density at radius 2 is 2.15 bits per heavy atom. The Bertz CT molecular complexity index is 351. The third-order valence-electron chi connectivity index (χ3n) is 1.45. The fraction of sp³-hybridized carbons (Fsp3) is 0.125. The third kappa shape index (κ3) is 2.34. The van der Waals surface area contributed by atoms with Crippen LogP contribution >= 0.6 is 11.6 Å². The largest absolute Gasteiger partial charge is 0.388 e. The molecule has 0 aliphatic heterocycles. The lowest BCUT2D eigenvalue weighted by Crippen LogP contribution is -2.03. The number of hydrogen-bond acceptors (Lipinski definition) is 4. The van der Waals surface area contributed by atoms with E-state index in [0.717, 1.165) is 0 Å². The molecule has 1 rings (SSSR count). The molecule has 0 aliphatic rings. The van der Waals surface area contributed by atoms with Crippen molar-refractivity contribution in [2.75, 3.05) is 6.61 Å². The highest BCUT2D eigenvalue weighted by Crippen LogP contribution is 2.21. The molecule has 1 aromatic rings. The van der Waals surface area contributed by atoms with E-state index < -0.39 is 12.4 Å². The van der Waals surface area contributed by atoms with E-state index in [4.69, 9.17) is 16.7 Å². The molecular weight excluding hydrogens is 194 g/mol. The second-order valence-corrected chi connectivity index (χ2v) is 2.81. The summed E-state index contributed by atoms with van der Waals surface area (Å²) in [7, 11) is 0. The van der Waals surface area contributed by atoms with Gasteiger partial charge in [0.2, 0.25) is 0 Å². The van der Waals surface area contributed by atoms with Gasteiger partial charge in [-0.15, -0.1) is 4.91 Å². The first-order valence-electron chi connectivity index (χ1n) is 3.45. The molecule has 0 saturated carbocycles. The van der Waals surface area contributed by atoms with Gasteiger partial charge in [-0.05, 0) is 23.4 Å². The molecule has 1 aromatic carbocycles. The smallest absolute Gasteiger partial charge is 0.188 e. The van der Waals surface area contributed by atoms with E-state index in [1.807, 2.05) is 0 Å². The monoisotopic (exact) mass is 199 g/mol. The van der Waals surface area contributed by atoms with Crippen LogP contribution in [0, 0.1) is 4.91 Å². The van der Waals surface area contributed by atoms with Gasteiger partial charge in [0.25, 0.3) is 0 Å². The molecule has 13 heavy (non-hydrogen) atoms. The van der Waals surface area contributed by atoms with Crippen molar-refractivity contribution < 1.29 is 9.90 Å². The van der Waals surface area contributed by atoms with Gasteiger partial charge in [-0.3, -0.25) is 4.79 Å². The maximum Gasteiger partial charge on any atom is 0.188 e. The number of nitrogens with zero attached hydrogens (tertiary/aromatic N) is 1. The van der Waals surface area contributed by atoms with Crippen molar-refractivity contribution >= 4 is 23.1 Å². The fourth-order valence-electron chi connectivity index (χ4n) is 0.879. The van der Waals surface area contributed by atoms with Crippen LogP contribution in [0.2, 0.25) is 5.02 Å². The van der Waals surface area contributed by atoms with E-state index in [2.05, 4.69) is 5.18 Å². The van der Waals surface area contributed by atoms with E-state index in [9.17, 15) is 9.70 Å². The average molecular weight is 200 g/mol. The summed E-state index contributed by atoms with van der Waals surface area (Å²) in [6.45, 7) is -0.612. The highest BCUT2D eigenvalue weighted by atomic mass is 35.5. The number of halogens is 1. The number of aliphatic hydroxyl groups excluding tert-OH is 1. The summed E-state index contributed by atoms with van der Waals surface area (Å²) >= 11 is 5.60. The second kappa shape index (κ2) is 4.11. The first kappa shape index (κ1) is 9.83. The van der Waals surface area contributed by atoms with Crippen LogP contribution in [-0.4, -0.2) is 17.5 Å². The zero-order valence-corrected chi connectivity index (χ0v) is 7.28. The van der Waals surface area contributed by atoms with Crippen molar-refractivity contribution in [3.05, 3.63) is 33.7 Å². The molecule has 0 radical (unpaired) electrons. The maximum atomic E-state index is 11.0. The Morgan fingerprint density at radius 3 is 2.69 bits per heavy atom. The van der Waals surface area contributed by atoms with Crippen molar-refractivity contribution in [3.63, 3.8) is 0 Å². The van der Waals surface area contributed by atoms with Crippen LogP contribution in [0.3, 0.4) is 0 Å². The van der Waals surface area contributed by atoms with Gasteiger partial charge in [0, 0.05) is 10.6 Å². The molecule has 68 valence electrons. The molecule has 0 fully saturated rings. The first-order valence-corrected chi connectivity index (χ1v) is 3.83. The molecule has 4 nitrogen and oxygen atoms in total. The average Bonchev–Trinajstić information content (AvgIpc) is 2.15. The Morgan fingerprint density at radius 1 is 1.46 bits per heavy atom. The lowest BCUT2D eigenvalue weighted by Gasteiger charge is -1.98. The number of benzene rings is 1. The molecule has 0 unspecified atom stereocenters. The zero-order valence-electron chi connectivity index (χ0n) is 6.53. The molecule has 0 heterocycles. The van der Waals surface area contributed by atoms with E-state index in [-0.39, 0.29) is 16.3 Å². The quantitative estimate of drug-likeness (QED) is 0.597. The van der Waals surface area contributed by atoms with Gasteiger partial charge >= 0.3 is 0 Å². The van der Waals surface area contributed by atoms with Gasteiger partial charge in [0.15, 0.2) is 5.78 Å². The number of carbonyl (C=O) groups is 1. The summed E-state index contributed by atoms with van der Waals surface area (Å²) < 4.78 is 0. The molecular formula is C8H6ClNO3. The maximum absolute atomic E-state index is 11.0. The lowest BCUT2D eigenvalue weighted by atomic mass is 10.1. The van der Waals surface area contributed by atoms with Crippen molar-refractivity contribution in [2.45, 2.75) is 0 Å². The van der Waals surface area contributed by atoms with Crippen molar-refractivity contribution in [2.24, 2.45) is 5.18 Å². The normalized spacial score (nSPS) is 9.69. The summed E-state index contributed by atoms with van der Waals surface area (Å²) in [6.07, 6.45) is 0. The summed E-state index contributed by atoms with van der Waals surface area (Å²) in [5.41, 5.74) is 0.258. The van der Waals surface area contributed by atoms with Crippen LogP contribution in [0.25, 0.3) is 0 Å². The molecule has 0 spiro atoms. The van der Waals surface area contributed by atoms with E-state index in [1.54, 1.807) is 0 Å². The molecule has 0 amide bonds. The Hall–Kier alpha value is -1.26. The van der Waals surface area contributed by atoms with Gasteiger partial charge in [0.05, 0.1) is 0 Å². The van der Waals surface area contributed by atoms with Crippen LogP contribution in [-0.2, 0) is 0 Å². The van der Waals surface area contributed by atoms with Crippen molar-refractivity contribution in [1.29, 1.82) is 0 Å². The minimum absolute atomic E-state index is 0.0734. The van der Waals surface area contributed by atoms with Gasteiger partial charge in [0.1, 0.15) is 12.3 Å². The summed E-state index contributed by atoms with van der Waals surface area (Å²) in [6, 6.07) is 3.98. The highest BCUT2D eigenvalue weighted by molar-refractivity contribution is 6.31. The summed E-state index contributed by atoms with van der Waals surface area (Å²) in [4.78, 5) is 21.1. The standard InChI is InChI=1S/C8H6ClNO3/c9-6-1-5(8(12)4-11)2-7(3-6)10-13/h1-3,11H,4H2. The molecule has 0 aromatic heterocycles. The first-order chi connectivity index (χ1) is 6.17. The third-order valence-corrected chi connectivity index (χ3v) is 1.67. The Balaban J connectivity index is 3.15. The predicted molar refractivity (Wildman–Crippen MR) is 48.3 cm³/mol. The summed E-state index contributed by atoms with van der Waals surface area (Å²) in [5.74, 6) is -0.493. The highest BCUT2D eigenvalue weighted by Gasteiger charge is 2.06. The SMILES string of the molecule is O=Nc1cc(Cl)cc(C(=O)CO)c1. The molecule has 0 atom stereocenters. The van der Waals surface area contributed by atoms with Crippen LogP contribution in [0.15, 0.2) is 23.4 Å². The van der Waals surface area contributed by atoms with E-state index in [0.29, 0.717) is 0 Å². The molecule has 0 bridgehead atoms. The van der Waals surface area contributed by atoms with Gasteiger partial charge in [-0.1, -0.05) is 11.6 Å². The number of Topliss-reactive ketones (excluding diaryl/α,β-unsaturated/α-hetero) is 1. The Kier molecular flexibility index (Phi) is 3.11. The van der Waals surface area contributed by atoms with Gasteiger partial charge < -0.3 is 5.11 Å². The van der Waals surface area contributed by atoms with E-state index >= 15 is 0 Å². The van der Waals surface area contributed by atoms with Crippen LogP contribution in [0.5, 0.6) is 0 Å². The number of hydrogen-bond donors (Lipinski definition) is 1. The number of carbonyl (C=O) groups excluding carboxylic acids is 1. The molecule has 5 heteroatoms. The topological polar surface area (TPSA) is 66.7 Å². The minimum Gasteiger partial charge on any atom is -0.388 e. The van der Waals surface area contributed by atoms with Gasteiger partial charge in [-0.25, -0.2) is 0 Å². The number of ketones is 1. The van der Waals surface area contributed by atoms with Crippen LogP contribution in [0.4, 0.5) is 5.69 Å². The van der Waals surface area contributed by atoms with Crippen LogP contribution < -0.4 is 0 Å². The van der Waals surface area contributed by atoms with Gasteiger partial charge in [-0.2, -0.15) is 0 Å². The zero-order chi connectivity index (χ0) is 9.84. The van der Waals surface area contributed by atoms with E-state index in [1.165, 1.54) is 18.2 Å². The number of nitroso groups, excluding NO2 is 1. The Labute approximate surface area is 79.1 Å². The minimum atomic E-state index is -0.612. The molecule has 0 aliphatic carbocycles. The second-order valence-electron chi connectivity index (χ2n) is 2.37. The molecule has 0 saturated heterocycles. The van der Waals surface area contributed by atoms with Crippen molar-refractivity contribution in [1.82, 2.24) is 0 Å². The predicted octanol–water partition coefficient (Wildman–Crippen LogP) is 1.91. The fourth-order valence-corrected chi connectivity index (χ4v) is 1.11. The number of aliphatic hydroxyl groups is 1. The lowest BCUT2D eigenvalue weighted by molar-refractivity contribution is 0.0904. The number of rotatable bonds is 3. The van der Waals surface area contributed by atoms with Crippen LogP contribution in [0.1, 0.15) is 10.4 Å². The summed E-state index contributed by atoms with van der Waals surface area (Å²) in [5, 5.41) is 11.4. The molecule has 1 N–H and O–H groups in total. The van der Waals surface area contributed by atoms with Crippen molar-refractivity contribution in [3.8, 4) is 0 Å².